The maximum Gasteiger partial charge on any atom is 0.387 e. The van der Waals surface area contributed by atoms with Crippen LogP contribution in [0.5, 0.6) is 5.75 Å². The van der Waals surface area contributed by atoms with Gasteiger partial charge in [0, 0.05) is 5.56 Å². The van der Waals surface area contributed by atoms with E-state index in [9.17, 15) is 36.0 Å². The van der Waals surface area contributed by atoms with Gasteiger partial charge in [-0.25, -0.2) is 27.2 Å². The molecular formula is C34H37F3N4O9S2. The van der Waals surface area contributed by atoms with E-state index in [1.165, 1.54) is 33.2 Å². The van der Waals surface area contributed by atoms with Gasteiger partial charge in [-0.1, -0.05) is 0 Å². The summed E-state index contributed by atoms with van der Waals surface area (Å²) >= 11 is 0.994. The number of hydrogen-bond acceptors (Lipinski definition) is 11. The number of amides is 1. The molecule has 3 aromatic heterocycles. The highest BCUT2D eigenvalue weighted by Gasteiger charge is 2.52. The van der Waals surface area contributed by atoms with Gasteiger partial charge in [0.05, 0.1) is 46.1 Å². The number of carbonyl (C=O) groups is 1. The zero-order valence-corrected chi connectivity index (χ0v) is 30.3. The number of benzene rings is 1. The first kappa shape index (κ1) is 36.4. The zero-order chi connectivity index (χ0) is 37.3. The summed E-state index contributed by atoms with van der Waals surface area (Å²) in [6.45, 7) is 1.87. The number of carbonyl (C=O) groups excluding carboxylic acids is 1. The van der Waals surface area contributed by atoms with Crippen molar-refractivity contribution in [2.24, 2.45) is 0 Å². The second-order valence-corrected chi connectivity index (χ2v) is 17.5. The zero-order valence-electron chi connectivity index (χ0n) is 28.7. The Kier molecular flexibility index (Phi) is 9.19. The van der Waals surface area contributed by atoms with Gasteiger partial charge in [-0.3, -0.25) is 18.9 Å². The van der Waals surface area contributed by atoms with E-state index in [4.69, 9.17) is 18.6 Å². The van der Waals surface area contributed by atoms with Crippen LogP contribution in [0.15, 0.2) is 44.7 Å². The molecule has 4 aromatic rings. The van der Waals surface area contributed by atoms with Crippen LogP contribution >= 0.6 is 11.3 Å². The summed E-state index contributed by atoms with van der Waals surface area (Å²) < 4.78 is 93.9. The Morgan fingerprint density at radius 3 is 2.50 bits per heavy atom. The highest BCUT2D eigenvalue weighted by Crippen LogP contribution is 2.43. The van der Waals surface area contributed by atoms with Gasteiger partial charge in [-0.05, 0) is 90.0 Å². The second kappa shape index (κ2) is 13.1. The Bertz CT molecular complexity index is 2250. The van der Waals surface area contributed by atoms with Crippen LogP contribution in [0.3, 0.4) is 0 Å². The number of halogens is 3. The lowest BCUT2D eigenvalue weighted by atomic mass is 10.0. The van der Waals surface area contributed by atoms with Gasteiger partial charge >= 0.3 is 12.3 Å². The van der Waals surface area contributed by atoms with Crippen molar-refractivity contribution in [1.29, 1.82) is 0 Å². The Hall–Kier alpha value is -4.00. The predicted molar refractivity (Wildman–Crippen MR) is 182 cm³/mol. The topological polar surface area (TPSA) is 161 Å². The molecule has 0 radical (unpaired) electrons. The molecule has 2 unspecified atom stereocenters. The van der Waals surface area contributed by atoms with E-state index in [1.807, 2.05) is 0 Å². The molecule has 1 saturated carbocycles. The van der Waals surface area contributed by atoms with Crippen molar-refractivity contribution in [3.8, 4) is 16.5 Å². The molecule has 4 atom stereocenters. The number of fused-ring (bicyclic) bond motifs is 3. The smallest absolute Gasteiger partial charge is 0.387 e. The van der Waals surface area contributed by atoms with Gasteiger partial charge in [-0.15, -0.1) is 11.3 Å². The van der Waals surface area contributed by atoms with Crippen molar-refractivity contribution < 1.29 is 45.0 Å². The molecule has 1 aromatic carbocycles. The number of alkyl halides is 2. The molecule has 2 bridgehead atoms. The highest BCUT2D eigenvalue weighted by atomic mass is 32.2. The van der Waals surface area contributed by atoms with E-state index in [1.54, 1.807) is 6.92 Å². The monoisotopic (exact) mass is 766 g/mol. The summed E-state index contributed by atoms with van der Waals surface area (Å²) in [5, 5.41) is 0.00171. The fraction of sp³-hybridized carbons (Fsp3) is 0.529. The number of sulfonamides is 1. The summed E-state index contributed by atoms with van der Waals surface area (Å²) in [6.07, 6.45) is 3.99. The van der Waals surface area contributed by atoms with Gasteiger partial charge in [0.15, 0.2) is 0 Å². The lowest BCUT2D eigenvalue weighted by Gasteiger charge is -2.33. The third-order valence-electron chi connectivity index (χ3n) is 10.3. The maximum atomic E-state index is 14.9. The summed E-state index contributed by atoms with van der Waals surface area (Å²) in [6, 6.07) is 3.00. The Morgan fingerprint density at radius 1 is 1.19 bits per heavy atom. The quantitative estimate of drug-likeness (QED) is 0.205. The van der Waals surface area contributed by atoms with Crippen LogP contribution in [0.4, 0.5) is 13.2 Å². The second-order valence-electron chi connectivity index (χ2n) is 14.3. The minimum Gasteiger partial charge on any atom is -0.444 e. The summed E-state index contributed by atoms with van der Waals surface area (Å²) in [5.74, 6) is -2.13. The Balaban J connectivity index is 1.41. The van der Waals surface area contributed by atoms with Crippen LogP contribution in [0.2, 0.25) is 0 Å². The molecule has 3 fully saturated rings. The van der Waals surface area contributed by atoms with Gasteiger partial charge in [0.2, 0.25) is 15.9 Å². The first-order valence-corrected chi connectivity index (χ1v) is 19.1. The molecule has 2 aliphatic heterocycles. The average Bonchev–Trinajstić information content (AvgIpc) is 3.35. The summed E-state index contributed by atoms with van der Waals surface area (Å²) in [5.41, 5.74) is -3.74. The molecule has 7 rings (SSSR count). The third kappa shape index (κ3) is 6.47. The van der Waals surface area contributed by atoms with E-state index >= 15 is 0 Å². The van der Waals surface area contributed by atoms with E-state index in [-0.39, 0.29) is 39.6 Å². The first-order valence-electron chi connectivity index (χ1n) is 16.8. The SMILES string of the molecule is Cc1c(-c2ncco2)sc2c1c(=O)n(C(C)(C)C(=O)NS(=O)(=O)C1(C)CC1)c(=O)n2C[C@H](OC1CC2CC[C@H](C1)O2)c1cc(F)ccc1OC(F)F. The number of nitrogens with one attached hydrogen (secondary N) is 1. The summed E-state index contributed by atoms with van der Waals surface area (Å²) in [7, 11) is -4.17. The fourth-order valence-corrected chi connectivity index (χ4v) is 9.59. The van der Waals surface area contributed by atoms with Gasteiger partial charge < -0.3 is 18.6 Å². The molecule has 1 aliphatic carbocycles. The van der Waals surface area contributed by atoms with E-state index in [0.29, 0.717) is 40.7 Å². The number of oxazole rings is 1. The van der Waals surface area contributed by atoms with Gasteiger partial charge in [0.25, 0.3) is 11.5 Å². The normalized spacial score (nSPS) is 21.8. The molecule has 13 nitrogen and oxygen atoms in total. The molecule has 1 amide bonds. The Morgan fingerprint density at radius 2 is 1.88 bits per heavy atom. The molecule has 0 spiro atoms. The number of hydrogen-bond donors (Lipinski definition) is 1. The van der Waals surface area contributed by atoms with Crippen molar-refractivity contribution >= 4 is 37.5 Å². The van der Waals surface area contributed by atoms with Crippen LogP contribution in [-0.4, -0.2) is 58.1 Å². The summed E-state index contributed by atoms with van der Waals surface area (Å²) in [4.78, 5) is 47.5. The van der Waals surface area contributed by atoms with Crippen LogP contribution in [-0.2, 0) is 36.4 Å². The van der Waals surface area contributed by atoms with Crippen molar-refractivity contribution in [2.75, 3.05) is 0 Å². The minimum atomic E-state index is -4.17. The van der Waals surface area contributed by atoms with Crippen LogP contribution in [0.25, 0.3) is 21.0 Å². The van der Waals surface area contributed by atoms with Crippen molar-refractivity contribution in [3.05, 3.63) is 68.4 Å². The molecule has 52 heavy (non-hydrogen) atoms. The lowest BCUT2D eigenvalue weighted by molar-refractivity contribution is -0.126. The molecule has 5 heterocycles. The first-order chi connectivity index (χ1) is 24.5. The molecule has 1 N–H and O–H groups in total. The van der Waals surface area contributed by atoms with Crippen LogP contribution < -0.4 is 20.7 Å². The number of rotatable bonds is 12. The van der Waals surface area contributed by atoms with E-state index in [2.05, 4.69) is 9.71 Å². The fourth-order valence-electron chi connectivity index (χ4n) is 6.96. The average molecular weight is 767 g/mol. The van der Waals surface area contributed by atoms with Crippen molar-refractivity contribution in [3.63, 3.8) is 0 Å². The van der Waals surface area contributed by atoms with Crippen LogP contribution in [0.1, 0.15) is 76.5 Å². The maximum absolute atomic E-state index is 14.9. The molecule has 280 valence electrons. The van der Waals surface area contributed by atoms with Crippen LogP contribution in [0, 0.1) is 12.7 Å². The Labute approximate surface area is 299 Å². The third-order valence-corrected chi connectivity index (χ3v) is 13.7. The standard InChI is InChI=1S/C34H37F3N4O9S2/c1-17-25-28(42)41(33(2,3)30(43)39-52(45,46)34(4)9-10-34)32(44)40(29(25)51-26(17)27-38-11-12-47-27)16-24(49-21-14-19-6-7-20(15-21)48-19)22-13-18(35)5-8-23(22)50-31(36)37/h5,8,11-13,19-21,24,31H,6-7,9-10,14-16H2,1-4H3,(H,39,43)/t19-,20?,21?,24+/m1/s1. The largest absolute Gasteiger partial charge is 0.444 e. The lowest BCUT2D eigenvalue weighted by Crippen LogP contribution is -2.57. The predicted octanol–water partition coefficient (Wildman–Crippen LogP) is 5.13. The van der Waals surface area contributed by atoms with Gasteiger partial charge in [-0.2, -0.15) is 8.78 Å². The molecule has 18 heteroatoms. The number of aryl methyl sites for hydroxylation is 1. The van der Waals surface area contributed by atoms with Crippen molar-refractivity contribution in [2.45, 2.75) is 114 Å². The van der Waals surface area contributed by atoms with Gasteiger partial charge in [0.1, 0.15) is 34.3 Å². The molecular weight excluding hydrogens is 730 g/mol. The number of aromatic nitrogens is 3. The number of nitrogens with zero attached hydrogens (tertiary/aromatic N) is 3. The molecule has 2 saturated heterocycles. The van der Waals surface area contributed by atoms with E-state index < -0.39 is 68.6 Å². The minimum absolute atomic E-state index is 0.00171. The number of thiophene rings is 1. The van der Waals surface area contributed by atoms with Crippen molar-refractivity contribution in [1.82, 2.24) is 18.8 Å². The van der Waals surface area contributed by atoms with E-state index in [0.717, 1.165) is 46.9 Å². The number of ether oxygens (including phenoxy) is 3. The highest BCUT2D eigenvalue weighted by molar-refractivity contribution is 7.91. The molecule has 3 aliphatic rings.